The highest BCUT2D eigenvalue weighted by Crippen LogP contribution is 2.10. The monoisotopic (exact) mass is 296 g/mol. The van der Waals surface area contributed by atoms with Crippen molar-refractivity contribution in [2.75, 3.05) is 6.54 Å². The molecular weight excluding hydrogens is 272 g/mol. The van der Waals surface area contributed by atoms with Gasteiger partial charge in [0.1, 0.15) is 0 Å². The van der Waals surface area contributed by atoms with E-state index in [0.29, 0.717) is 19.5 Å². The molecule has 0 radical (unpaired) electrons. The predicted molar refractivity (Wildman–Crippen MR) is 90.5 cm³/mol. The first kappa shape index (κ1) is 16.2. The number of nitrogens with one attached hydrogen (secondary N) is 2. The van der Waals surface area contributed by atoms with Crippen LogP contribution in [0.3, 0.4) is 0 Å². The Balaban J connectivity index is 1.69. The third-order valence-corrected chi connectivity index (χ3v) is 3.84. The van der Waals surface area contributed by atoms with Crippen LogP contribution in [-0.2, 0) is 11.3 Å². The lowest BCUT2D eigenvalue weighted by atomic mass is 10.1. The number of hydrogen-bond donors (Lipinski definition) is 2. The molecular formula is C19H24N2O. The van der Waals surface area contributed by atoms with Gasteiger partial charge in [-0.3, -0.25) is 4.79 Å². The predicted octanol–water partition coefficient (Wildman–Crippen LogP) is 3.35. The molecule has 2 rings (SSSR count). The van der Waals surface area contributed by atoms with Crippen LogP contribution in [0.15, 0.2) is 54.6 Å². The molecule has 3 nitrogen and oxygen atoms in total. The second-order valence-corrected chi connectivity index (χ2v) is 5.54. The van der Waals surface area contributed by atoms with Gasteiger partial charge in [-0.05, 0) is 30.5 Å². The van der Waals surface area contributed by atoms with Gasteiger partial charge in [0.2, 0.25) is 5.91 Å². The lowest BCUT2D eigenvalue weighted by molar-refractivity contribution is -0.121. The van der Waals surface area contributed by atoms with Gasteiger partial charge in [-0.15, -0.1) is 0 Å². The highest BCUT2D eigenvalue weighted by atomic mass is 16.1. The summed E-state index contributed by atoms with van der Waals surface area (Å²) in [7, 11) is 0. The fraction of sp³-hybridized carbons (Fsp3) is 0.316. The lowest BCUT2D eigenvalue weighted by Gasteiger charge is -2.14. The van der Waals surface area contributed by atoms with Gasteiger partial charge < -0.3 is 10.6 Å². The molecule has 0 aliphatic heterocycles. The largest absolute Gasteiger partial charge is 0.352 e. The second-order valence-electron chi connectivity index (χ2n) is 5.54. The lowest BCUT2D eigenvalue weighted by Crippen LogP contribution is -2.28. The summed E-state index contributed by atoms with van der Waals surface area (Å²) in [5.74, 6) is 0.0796. The van der Waals surface area contributed by atoms with Crippen LogP contribution < -0.4 is 10.6 Å². The summed E-state index contributed by atoms with van der Waals surface area (Å²) in [5.41, 5.74) is 3.61. The maximum absolute atomic E-state index is 11.9. The van der Waals surface area contributed by atoms with Crippen LogP contribution in [0.1, 0.15) is 36.1 Å². The SMILES string of the molecule is Cc1ccccc1CNC(=O)CCNC(C)c1ccccc1. The molecule has 3 heteroatoms. The number of rotatable bonds is 7. The van der Waals surface area contributed by atoms with Crippen LogP contribution in [0, 0.1) is 6.92 Å². The van der Waals surface area contributed by atoms with Gasteiger partial charge in [0.25, 0.3) is 0 Å². The Labute approximate surface area is 132 Å². The molecule has 1 unspecified atom stereocenters. The minimum Gasteiger partial charge on any atom is -0.352 e. The summed E-state index contributed by atoms with van der Waals surface area (Å²) in [5, 5.41) is 6.35. The molecule has 0 spiro atoms. The normalized spacial score (nSPS) is 11.9. The average molecular weight is 296 g/mol. The van der Waals surface area contributed by atoms with Gasteiger partial charge in [0, 0.05) is 25.6 Å². The van der Waals surface area contributed by atoms with Crippen molar-refractivity contribution in [2.24, 2.45) is 0 Å². The van der Waals surface area contributed by atoms with E-state index < -0.39 is 0 Å². The molecule has 0 saturated carbocycles. The molecule has 0 aliphatic carbocycles. The van der Waals surface area contributed by atoms with Crippen LogP contribution in [0.5, 0.6) is 0 Å². The molecule has 1 amide bonds. The molecule has 1 atom stereocenters. The van der Waals surface area contributed by atoms with Crippen molar-refractivity contribution in [3.8, 4) is 0 Å². The van der Waals surface area contributed by atoms with E-state index in [1.54, 1.807) is 0 Å². The average Bonchev–Trinajstić information content (AvgIpc) is 2.55. The highest BCUT2D eigenvalue weighted by Gasteiger charge is 2.06. The van der Waals surface area contributed by atoms with Crippen molar-refractivity contribution in [3.05, 3.63) is 71.3 Å². The fourth-order valence-corrected chi connectivity index (χ4v) is 2.35. The van der Waals surface area contributed by atoms with E-state index in [1.165, 1.54) is 16.7 Å². The van der Waals surface area contributed by atoms with Crippen molar-refractivity contribution in [1.29, 1.82) is 0 Å². The van der Waals surface area contributed by atoms with Gasteiger partial charge in [0.15, 0.2) is 0 Å². The first-order valence-corrected chi connectivity index (χ1v) is 7.76. The number of carbonyl (C=O) groups excluding carboxylic acids is 1. The number of hydrogen-bond acceptors (Lipinski definition) is 2. The summed E-state index contributed by atoms with van der Waals surface area (Å²) in [6.45, 7) is 5.45. The second kappa shape index (κ2) is 8.35. The minimum atomic E-state index is 0.0796. The van der Waals surface area contributed by atoms with Gasteiger partial charge in [0.05, 0.1) is 0 Å². The van der Waals surface area contributed by atoms with Gasteiger partial charge in [-0.1, -0.05) is 54.6 Å². The Morgan fingerprint density at radius 2 is 1.73 bits per heavy atom. The van der Waals surface area contributed by atoms with Crippen LogP contribution in [-0.4, -0.2) is 12.5 Å². The van der Waals surface area contributed by atoms with Crippen LogP contribution in [0.4, 0.5) is 0 Å². The zero-order chi connectivity index (χ0) is 15.8. The smallest absolute Gasteiger partial charge is 0.221 e. The number of benzene rings is 2. The van der Waals surface area contributed by atoms with Gasteiger partial charge in [-0.25, -0.2) is 0 Å². The molecule has 0 aliphatic rings. The summed E-state index contributed by atoms with van der Waals surface area (Å²) < 4.78 is 0. The molecule has 0 aromatic heterocycles. The minimum absolute atomic E-state index is 0.0796. The Bertz CT molecular complexity index is 595. The third kappa shape index (κ3) is 5.01. The number of amides is 1. The fourth-order valence-electron chi connectivity index (χ4n) is 2.35. The zero-order valence-electron chi connectivity index (χ0n) is 13.3. The molecule has 0 heterocycles. The maximum atomic E-state index is 11.9. The van der Waals surface area contributed by atoms with E-state index >= 15 is 0 Å². The third-order valence-electron chi connectivity index (χ3n) is 3.84. The summed E-state index contributed by atoms with van der Waals surface area (Å²) in [6, 6.07) is 18.6. The molecule has 2 aromatic carbocycles. The van der Waals surface area contributed by atoms with Crippen molar-refractivity contribution in [2.45, 2.75) is 32.9 Å². The van der Waals surface area contributed by atoms with Crippen molar-refractivity contribution < 1.29 is 4.79 Å². The highest BCUT2D eigenvalue weighted by molar-refractivity contribution is 5.76. The van der Waals surface area contributed by atoms with Crippen LogP contribution in [0.2, 0.25) is 0 Å². The molecule has 22 heavy (non-hydrogen) atoms. The van der Waals surface area contributed by atoms with E-state index in [-0.39, 0.29) is 11.9 Å². The standard InChI is InChI=1S/C19H24N2O/c1-15-8-6-7-11-18(15)14-21-19(22)12-13-20-16(2)17-9-4-3-5-10-17/h3-11,16,20H,12-14H2,1-2H3,(H,21,22). The van der Waals surface area contributed by atoms with Gasteiger partial charge >= 0.3 is 0 Å². The zero-order valence-corrected chi connectivity index (χ0v) is 13.3. The molecule has 116 valence electrons. The van der Waals surface area contributed by atoms with Crippen LogP contribution in [0.25, 0.3) is 0 Å². The topological polar surface area (TPSA) is 41.1 Å². The first-order valence-electron chi connectivity index (χ1n) is 7.76. The Hall–Kier alpha value is -2.13. The maximum Gasteiger partial charge on any atom is 0.221 e. The van der Waals surface area contributed by atoms with Crippen molar-refractivity contribution >= 4 is 5.91 Å². The summed E-state index contributed by atoms with van der Waals surface area (Å²) in [4.78, 5) is 11.9. The first-order chi connectivity index (χ1) is 10.7. The number of carbonyl (C=O) groups is 1. The van der Waals surface area contributed by atoms with E-state index in [2.05, 4.69) is 42.7 Å². The molecule has 0 fully saturated rings. The Morgan fingerprint density at radius 3 is 2.45 bits per heavy atom. The molecule has 0 saturated heterocycles. The van der Waals surface area contributed by atoms with Crippen LogP contribution >= 0.6 is 0 Å². The van der Waals surface area contributed by atoms with E-state index in [0.717, 1.165) is 0 Å². The van der Waals surface area contributed by atoms with Crippen molar-refractivity contribution in [3.63, 3.8) is 0 Å². The van der Waals surface area contributed by atoms with Crippen molar-refractivity contribution in [1.82, 2.24) is 10.6 Å². The Morgan fingerprint density at radius 1 is 1.05 bits per heavy atom. The Kier molecular flexibility index (Phi) is 6.16. The van der Waals surface area contributed by atoms with Gasteiger partial charge in [-0.2, -0.15) is 0 Å². The molecule has 2 N–H and O–H groups in total. The quantitative estimate of drug-likeness (QED) is 0.822. The van der Waals surface area contributed by atoms with E-state index in [9.17, 15) is 4.79 Å². The van der Waals surface area contributed by atoms with E-state index in [1.807, 2.05) is 36.4 Å². The molecule has 2 aromatic rings. The molecule has 0 bridgehead atoms. The summed E-state index contributed by atoms with van der Waals surface area (Å²) >= 11 is 0. The number of aryl methyl sites for hydroxylation is 1. The summed E-state index contributed by atoms with van der Waals surface area (Å²) in [6.07, 6.45) is 0.489. The van der Waals surface area contributed by atoms with E-state index in [4.69, 9.17) is 0 Å².